The summed E-state index contributed by atoms with van der Waals surface area (Å²) in [5.74, 6) is 0.182. The molecule has 0 aromatic carbocycles. The Kier molecular flexibility index (Phi) is 4.05. The van der Waals surface area contributed by atoms with Crippen LogP contribution < -0.4 is 5.73 Å². The summed E-state index contributed by atoms with van der Waals surface area (Å²) in [6.07, 6.45) is 1.50. The molecule has 5 nitrogen and oxygen atoms in total. The summed E-state index contributed by atoms with van der Waals surface area (Å²) >= 11 is 0. The zero-order valence-corrected chi connectivity index (χ0v) is 8.68. The Balaban J connectivity index is 2.82. The van der Waals surface area contributed by atoms with Gasteiger partial charge in [0.1, 0.15) is 5.82 Å². The number of likely N-dealkylation sites (N-methyl/N-ethyl adjacent to an activating group) is 1. The van der Waals surface area contributed by atoms with Crippen LogP contribution in [0.4, 0.5) is 5.82 Å². The number of nitrogen functional groups attached to an aromatic ring is 1. The number of aromatic nitrogens is 1. The number of aliphatic hydroxyl groups is 1. The number of nitrogens with two attached hydrogens (primary N) is 1. The fraction of sp³-hybridized carbons (Fsp3) is 0.400. The quantitative estimate of drug-likeness (QED) is 0.738. The number of nitrogens with zero attached hydrogens (tertiary/aromatic N) is 2. The van der Waals surface area contributed by atoms with Gasteiger partial charge in [-0.05, 0) is 19.1 Å². The Morgan fingerprint density at radius 3 is 2.93 bits per heavy atom. The molecule has 0 bridgehead atoms. The molecule has 0 aliphatic carbocycles. The molecule has 15 heavy (non-hydrogen) atoms. The first kappa shape index (κ1) is 11.5. The van der Waals surface area contributed by atoms with E-state index in [1.54, 1.807) is 11.0 Å². The third-order valence-corrected chi connectivity index (χ3v) is 2.07. The monoisotopic (exact) mass is 209 g/mol. The molecule has 0 atom stereocenters. The molecule has 5 heteroatoms. The third-order valence-electron chi connectivity index (χ3n) is 2.07. The van der Waals surface area contributed by atoms with Crippen LogP contribution in [-0.2, 0) is 0 Å². The van der Waals surface area contributed by atoms with Crippen molar-refractivity contribution < 1.29 is 9.90 Å². The van der Waals surface area contributed by atoms with Crippen molar-refractivity contribution in [2.75, 3.05) is 25.4 Å². The van der Waals surface area contributed by atoms with Crippen LogP contribution in [0, 0.1) is 0 Å². The molecule has 1 aromatic rings. The largest absolute Gasteiger partial charge is 0.395 e. The Bertz CT molecular complexity index is 341. The summed E-state index contributed by atoms with van der Waals surface area (Å²) in [4.78, 5) is 17.2. The molecule has 0 fully saturated rings. The van der Waals surface area contributed by atoms with E-state index in [2.05, 4.69) is 4.98 Å². The van der Waals surface area contributed by atoms with Gasteiger partial charge in [-0.15, -0.1) is 0 Å². The first-order valence-corrected chi connectivity index (χ1v) is 4.80. The molecule has 0 radical (unpaired) electrons. The van der Waals surface area contributed by atoms with E-state index in [9.17, 15) is 4.79 Å². The van der Waals surface area contributed by atoms with Crippen LogP contribution in [0.2, 0.25) is 0 Å². The topological polar surface area (TPSA) is 79.5 Å². The minimum atomic E-state index is -0.138. The summed E-state index contributed by atoms with van der Waals surface area (Å²) in [5.41, 5.74) is 5.98. The van der Waals surface area contributed by atoms with Crippen molar-refractivity contribution in [3.05, 3.63) is 23.9 Å². The van der Waals surface area contributed by atoms with Gasteiger partial charge in [-0.3, -0.25) is 4.79 Å². The zero-order chi connectivity index (χ0) is 11.3. The number of anilines is 1. The number of hydrogen-bond acceptors (Lipinski definition) is 4. The molecule has 3 N–H and O–H groups in total. The standard InChI is InChI=1S/C10H15N3O2/c1-2-13(5-6-14)10(15)8-3-4-12-9(11)7-8/h3-4,7,14H,2,5-6H2,1H3,(H2,11,12). The van der Waals surface area contributed by atoms with E-state index in [1.165, 1.54) is 12.3 Å². The minimum Gasteiger partial charge on any atom is -0.395 e. The van der Waals surface area contributed by atoms with Crippen molar-refractivity contribution in [2.45, 2.75) is 6.92 Å². The van der Waals surface area contributed by atoms with Crippen molar-refractivity contribution in [3.8, 4) is 0 Å². The summed E-state index contributed by atoms with van der Waals surface area (Å²) in [7, 11) is 0. The predicted molar refractivity (Wildman–Crippen MR) is 57.3 cm³/mol. The summed E-state index contributed by atoms with van der Waals surface area (Å²) < 4.78 is 0. The van der Waals surface area contributed by atoms with Gasteiger partial charge in [-0.25, -0.2) is 4.98 Å². The van der Waals surface area contributed by atoms with Crippen LogP contribution in [0.25, 0.3) is 0 Å². The number of aliphatic hydroxyl groups excluding tert-OH is 1. The molecule has 0 saturated heterocycles. The first-order chi connectivity index (χ1) is 7.19. The van der Waals surface area contributed by atoms with E-state index in [0.29, 0.717) is 24.5 Å². The van der Waals surface area contributed by atoms with E-state index in [-0.39, 0.29) is 12.5 Å². The molecular formula is C10H15N3O2. The van der Waals surface area contributed by atoms with Crippen LogP contribution in [0.15, 0.2) is 18.3 Å². The number of amides is 1. The Morgan fingerprint density at radius 2 is 2.40 bits per heavy atom. The van der Waals surface area contributed by atoms with Crippen molar-refractivity contribution in [3.63, 3.8) is 0 Å². The van der Waals surface area contributed by atoms with Crippen LogP contribution >= 0.6 is 0 Å². The van der Waals surface area contributed by atoms with Crippen molar-refractivity contribution in [2.24, 2.45) is 0 Å². The minimum absolute atomic E-state index is 0.0415. The van der Waals surface area contributed by atoms with Gasteiger partial charge in [-0.1, -0.05) is 0 Å². The van der Waals surface area contributed by atoms with Gasteiger partial charge in [0, 0.05) is 24.8 Å². The molecule has 1 rings (SSSR count). The van der Waals surface area contributed by atoms with Crippen LogP contribution in [-0.4, -0.2) is 40.6 Å². The van der Waals surface area contributed by atoms with E-state index in [4.69, 9.17) is 10.8 Å². The zero-order valence-electron chi connectivity index (χ0n) is 8.68. The lowest BCUT2D eigenvalue weighted by Crippen LogP contribution is -2.33. The number of hydrogen-bond donors (Lipinski definition) is 2. The second-order valence-electron chi connectivity index (χ2n) is 3.08. The van der Waals surface area contributed by atoms with Crippen molar-refractivity contribution in [1.82, 2.24) is 9.88 Å². The van der Waals surface area contributed by atoms with Crippen LogP contribution in [0.5, 0.6) is 0 Å². The summed E-state index contributed by atoms with van der Waals surface area (Å²) in [6, 6.07) is 3.14. The lowest BCUT2D eigenvalue weighted by atomic mass is 10.2. The highest BCUT2D eigenvalue weighted by molar-refractivity contribution is 5.94. The van der Waals surface area contributed by atoms with Gasteiger partial charge >= 0.3 is 0 Å². The van der Waals surface area contributed by atoms with E-state index in [1.807, 2.05) is 6.92 Å². The lowest BCUT2D eigenvalue weighted by molar-refractivity contribution is 0.0732. The molecule has 0 saturated carbocycles. The average molecular weight is 209 g/mol. The van der Waals surface area contributed by atoms with Gasteiger partial charge in [-0.2, -0.15) is 0 Å². The number of pyridine rings is 1. The SMILES string of the molecule is CCN(CCO)C(=O)c1ccnc(N)c1. The second-order valence-corrected chi connectivity index (χ2v) is 3.08. The van der Waals surface area contributed by atoms with E-state index < -0.39 is 0 Å². The highest BCUT2D eigenvalue weighted by atomic mass is 16.3. The van der Waals surface area contributed by atoms with Gasteiger partial charge in [0.25, 0.3) is 5.91 Å². The fourth-order valence-electron chi connectivity index (χ4n) is 1.29. The molecule has 0 unspecified atom stereocenters. The Labute approximate surface area is 88.5 Å². The van der Waals surface area contributed by atoms with Crippen molar-refractivity contribution in [1.29, 1.82) is 0 Å². The molecule has 0 spiro atoms. The van der Waals surface area contributed by atoms with Gasteiger partial charge in [0.2, 0.25) is 0 Å². The van der Waals surface area contributed by atoms with Gasteiger partial charge < -0.3 is 15.7 Å². The average Bonchev–Trinajstić information content (AvgIpc) is 2.25. The van der Waals surface area contributed by atoms with E-state index in [0.717, 1.165) is 0 Å². The van der Waals surface area contributed by atoms with E-state index >= 15 is 0 Å². The number of carbonyl (C=O) groups excluding carboxylic acids is 1. The van der Waals surface area contributed by atoms with Crippen LogP contribution in [0.3, 0.4) is 0 Å². The third kappa shape index (κ3) is 2.92. The maximum absolute atomic E-state index is 11.8. The first-order valence-electron chi connectivity index (χ1n) is 4.80. The highest BCUT2D eigenvalue weighted by Crippen LogP contribution is 2.06. The molecule has 0 aliphatic heterocycles. The fourth-order valence-corrected chi connectivity index (χ4v) is 1.29. The molecule has 1 amide bonds. The molecule has 82 valence electrons. The molecule has 1 heterocycles. The number of rotatable bonds is 4. The lowest BCUT2D eigenvalue weighted by Gasteiger charge is -2.19. The smallest absolute Gasteiger partial charge is 0.254 e. The highest BCUT2D eigenvalue weighted by Gasteiger charge is 2.13. The molecular weight excluding hydrogens is 194 g/mol. The summed E-state index contributed by atoms with van der Waals surface area (Å²) in [5, 5.41) is 8.79. The Morgan fingerprint density at radius 1 is 1.67 bits per heavy atom. The van der Waals surface area contributed by atoms with Crippen LogP contribution in [0.1, 0.15) is 17.3 Å². The predicted octanol–water partition coefficient (Wildman–Crippen LogP) is 0.118. The maximum Gasteiger partial charge on any atom is 0.254 e. The summed E-state index contributed by atoms with van der Waals surface area (Å²) in [6.45, 7) is 2.71. The maximum atomic E-state index is 11.8. The second kappa shape index (κ2) is 5.31. The molecule has 0 aliphatic rings. The van der Waals surface area contributed by atoms with Gasteiger partial charge in [0.15, 0.2) is 0 Å². The van der Waals surface area contributed by atoms with Crippen molar-refractivity contribution >= 4 is 11.7 Å². The number of carbonyl (C=O) groups is 1. The Hall–Kier alpha value is -1.62. The molecule has 1 aromatic heterocycles. The van der Waals surface area contributed by atoms with Gasteiger partial charge in [0.05, 0.1) is 6.61 Å². The normalized spacial score (nSPS) is 10.0.